The van der Waals surface area contributed by atoms with E-state index in [2.05, 4.69) is 25.4 Å². The van der Waals surface area contributed by atoms with Crippen LogP contribution in [0.5, 0.6) is 0 Å². The van der Waals surface area contributed by atoms with E-state index < -0.39 is 5.91 Å². The maximum Gasteiger partial charge on any atom is 0.274 e. The SMILES string of the molecule is Cc1nc(C(=O)NCc2ccn(C)n2)c(N)nc1-c1ncco1. The molecule has 3 rings (SSSR count). The molecule has 0 unspecified atom stereocenters. The van der Waals surface area contributed by atoms with Crippen LogP contribution in [0.4, 0.5) is 5.82 Å². The van der Waals surface area contributed by atoms with Crippen LogP contribution in [0, 0.1) is 6.92 Å². The molecule has 0 aliphatic heterocycles. The van der Waals surface area contributed by atoms with Gasteiger partial charge < -0.3 is 15.5 Å². The Morgan fingerprint density at radius 2 is 2.26 bits per heavy atom. The van der Waals surface area contributed by atoms with E-state index in [1.807, 2.05) is 6.07 Å². The van der Waals surface area contributed by atoms with Crippen LogP contribution in [0.25, 0.3) is 11.6 Å². The molecule has 0 aromatic carbocycles. The quantitative estimate of drug-likeness (QED) is 0.725. The summed E-state index contributed by atoms with van der Waals surface area (Å²) in [7, 11) is 1.81. The number of rotatable bonds is 4. The van der Waals surface area contributed by atoms with Gasteiger partial charge in [-0.15, -0.1) is 0 Å². The van der Waals surface area contributed by atoms with Crippen molar-refractivity contribution < 1.29 is 9.21 Å². The number of aryl methyl sites for hydroxylation is 2. The lowest BCUT2D eigenvalue weighted by Gasteiger charge is -2.08. The van der Waals surface area contributed by atoms with E-state index in [4.69, 9.17) is 10.2 Å². The molecule has 9 nitrogen and oxygen atoms in total. The second-order valence-electron chi connectivity index (χ2n) is 4.89. The summed E-state index contributed by atoms with van der Waals surface area (Å²) in [6.07, 6.45) is 4.73. The van der Waals surface area contributed by atoms with Gasteiger partial charge in [-0.05, 0) is 13.0 Å². The van der Waals surface area contributed by atoms with E-state index in [1.165, 1.54) is 12.5 Å². The lowest BCUT2D eigenvalue weighted by atomic mass is 10.2. The average molecular weight is 313 g/mol. The first-order valence-electron chi connectivity index (χ1n) is 6.85. The number of nitrogens with two attached hydrogens (primary N) is 1. The highest BCUT2D eigenvalue weighted by Gasteiger charge is 2.18. The van der Waals surface area contributed by atoms with Crippen LogP contribution in [0.15, 0.2) is 29.1 Å². The van der Waals surface area contributed by atoms with Crippen molar-refractivity contribution >= 4 is 11.7 Å². The molecule has 9 heteroatoms. The minimum Gasteiger partial charge on any atom is -0.443 e. The number of nitrogen functional groups attached to an aromatic ring is 1. The zero-order valence-corrected chi connectivity index (χ0v) is 12.6. The Morgan fingerprint density at radius 1 is 1.43 bits per heavy atom. The molecular formula is C14H15N7O2. The summed E-state index contributed by atoms with van der Waals surface area (Å²) in [6, 6.07) is 1.81. The summed E-state index contributed by atoms with van der Waals surface area (Å²) in [5.74, 6) is -0.0906. The van der Waals surface area contributed by atoms with Crippen LogP contribution in [0.3, 0.4) is 0 Å². The topological polar surface area (TPSA) is 125 Å². The van der Waals surface area contributed by atoms with Crippen molar-refractivity contribution in [3.05, 3.63) is 41.8 Å². The predicted molar refractivity (Wildman–Crippen MR) is 81.1 cm³/mol. The summed E-state index contributed by atoms with van der Waals surface area (Å²) < 4.78 is 6.84. The minimum absolute atomic E-state index is 0.0160. The first kappa shape index (κ1) is 14.7. The van der Waals surface area contributed by atoms with Crippen LogP contribution in [0.2, 0.25) is 0 Å². The molecule has 0 fully saturated rings. The van der Waals surface area contributed by atoms with Gasteiger partial charge >= 0.3 is 0 Å². The largest absolute Gasteiger partial charge is 0.443 e. The predicted octanol–water partition coefficient (Wildman–Crippen LogP) is 0.686. The number of amides is 1. The molecule has 3 aromatic rings. The van der Waals surface area contributed by atoms with Crippen molar-refractivity contribution in [3.8, 4) is 11.6 Å². The first-order chi connectivity index (χ1) is 11.0. The van der Waals surface area contributed by atoms with Crippen LogP contribution >= 0.6 is 0 Å². The fraction of sp³-hybridized carbons (Fsp3) is 0.214. The standard InChI is InChI=1S/C14H15N7O2/c1-8-10(14-16-4-6-23-14)19-12(15)11(18-8)13(22)17-7-9-3-5-21(2)20-9/h3-6H,7H2,1-2H3,(H2,15,19)(H,17,22). The molecule has 23 heavy (non-hydrogen) atoms. The highest BCUT2D eigenvalue weighted by Crippen LogP contribution is 2.20. The zero-order chi connectivity index (χ0) is 16.4. The number of nitrogens with zero attached hydrogens (tertiary/aromatic N) is 5. The average Bonchev–Trinajstić information content (AvgIpc) is 3.18. The van der Waals surface area contributed by atoms with Gasteiger partial charge in [0, 0.05) is 13.2 Å². The number of carbonyl (C=O) groups is 1. The fourth-order valence-corrected chi connectivity index (χ4v) is 2.05. The smallest absolute Gasteiger partial charge is 0.274 e. The highest BCUT2D eigenvalue weighted by atomic mass is 16.3. The summed E-state index contributed by atoms with van der Waals surface area (Å²) in [5, 5.41) is 6.89. The van der Waals surface area contributed by atoms with Gasteiger partial charge in [-0.1, -0.05) is 0 Å². The van der Waals surface area contributed by atoms with E-state index in [1.54, 1.807) is 24.9 Å². The zero-order valence-electron chi connectivity index (χ0n) is 12.6. The Morgan fingerprint density at radius 3 is 2.91 bits per heavy atom. The molecule has 118 valence electrons. The number of carbonyl (C=O) groups excluding carboxylic acids is 1. The van der Waals surface area contributed by atoms with E-state index in [9.17, 15) is 4.79 Å². The number of aromatic nitrogens is 5. The number of hydrogen-bond acceptors (Lipinski definition) is 7. The van der Waals surface area contributed by atoms with Crippen molar-refractivity contribution in [2.24, 2.45) is 7.05 Å². The van der Waals surface area contributed by atoms with Crippen LogP contribution in [-0.2, 0) is 13.6 Å². The van der Waals surface area contributed by atoms with Gasteiger partial charge in [-0.2, -0.15) is 5.10 Å². The molecule has 0 spiro atoms. The lowest BCUT2D eigenvalue weighted by molar-refractivity contribution is 0.0946. The van der Waals surface area contributed by atoms with E-state index in [0.717, 1.165) is 5.69 Å². The molecular weight excluding hydrogens is 298 g/mol. The summed E-state index contributed by atoms with van der Waals surface area (Å²) >= 11 is 0. The first-order valence-corrected chi connectivity index (χ1v) is 6.85. The number of nitrogens with one attached hydrogen (secondary N) is 1. The number of hydrogen-bond donors (Lipinski definition) is 2. The van der Waals surface area contributed by atoms with Crippen LogP contribution in [0.1, 0.15) is 21.9 Å². The monoisotopic (exact) mass is 313 g/mol. The summed E-state index contributed by atoms with van der Waals surface area (Å²) in [6.45, 7) is 1.99. The molecule has 3 aromatic heterocycles. The van der Waals surface area contributed by atoms with Gasteiger partial charge in [-0.25, -0.2) is 15.0 Å². The van der Waals surface area contributed by atoms with Crippen LogP contribution in [-0.4, -0.2) is 30.6 Å². The fourth-order valence-electron chi connectivity index (χ4n) is 2.05. The van der Waals surface area contributed by atoms with Crippen molar-refractivity contribution in [2.45, 2.75) is 13.5 Å². The lowest BCUT2D eigenvalue weighted by Crippen LogP contribution is -2.26. The third kappa shape index (κ3) is 3.03. The van der Waals surface area contributed by atoms with E-state index >= 15 is 0 Å². The minimum atomic E-state index is -0.414. The normalized spacial score (nSPS) is 10.7. The van der Waals surface area contributed by atoms with Gasteiger partial charge in [0.25, 0.3) is 5.91 Å². The van der Waals surface area contributed by atoms with Gasteiger partial charge in [0.1, 0.15) is 12.0 Å². The Bertz CT molecular complexity index is 839. The maximum absolute atomic E-state index is 12.2. The third-order valence-corrected chi connectivity index (χ3v) is 3.15. The molecule has 0 atom stereocenters. The Balaban J connectivity index is 1.79. The molecule has 1 amide bonds. The molecule has 0 saturated carbocycles. The van der Waals surface area contributed by atoms with E-state index in [-0.39, 0.29) is 18.1 Å². The second kappa shape index (κ2) is 5.87. The molecule has 0 saturated heterocycles. The molecule has 0 bridgehead atoms. The Labute approximate surface area is 131 Å². The molecule has 3 N–H and O–H groups in total. The number of anilines is 1. The maximum atomic E-state index is 12.2. The van der Waals surface area contributed by atoms with E-state index in [0.29, 0.717) is 17.3 Å². The third-order valence-electron chi connectivity index (χ3n) is 3.15. The van der Waals surface area contributed by atoms with Gasteiger partial charge in [0.2, 0.25) is 5.89 Å². The second-order valence-corrected chi connectivity index (χ2v) is 4.89. The molecule has 0 aliphatic rings. The Hall–Kier alpha value is -3.23. The Kier molecular flexibility index (Phi) is 3.75. The number of oxazole rings is 1. The van der Waals surface area contributed by atoms with Gasteiger partial charge in [-0.3, -0.25) is 9.48 Å². The highest BCUT2D eigenvalue weighted by molar-refractivity contribution is 5.96. The van der Waals surface area contributed by atoms with Gasteiger partial charge in [0.15, 0.2) is 11.5 Å². The summed E-state index contributed by atoms with van der Waals surface area (Å²) in [4.78, 5) is 24.6. The van der Waals surface area contributed by atoms with Crippen molar-refractivity contribution in [2.75, 3.05) is 5.73 Å². The molecule has 0 radical (unpaired) electrons. The molecule has 3 heterocycles. The van der Waals surface area contributed by atoms with Crippen molar-refractivity contribution in [1.29, 1.82) is 0 Å². The van der Waals surface area contributed by atoms with Crippen LogP contribution < -0.4 is 11.1 Å². The summed E-state index contributed by atoms with van der Waals surface area (Å²) in [5.41, 5.74) is 7.56. The molecule has 0 aliphatic carbocycles. The van der Waals surface area contributed by atoms with Gasteiger partial charge in [0.05, 0.1) is 24.1 Å². The van der Waals surface area contributed by atoms with Crippen molar-refractivity contribution in [1.82, 2.24) is 30.0 Å². The van der Waals surface area contributed by atoms with Crippen molar-refractivity contribution in [3.63, 3.8) is 0 Å².